The zero-order valence-corrected chi connectivity index (χ0v) is 9.06. The van der Waals surface area contributed by atoms with Crippen molar-refractivity contribution >= 4 is 11.7 Å². The number of hydrogen-bond acceptors (Lipinski definition) is 3. The summed E-state index contributed by atoms with van der Waals surface area (Å²) in [4.78, 5) is 11.4. The minimum Gasteiger partial charge on any atom is -0.464 e. The van der Waals surface area contributed by atoms with Crippen molar-refractivity contribution in [1.29, 1.82) is 0 Å². The van der Waals surface area contributed by atoms with Crippen LogP contribution in [0.2, 0.25) is 0 Å². The molecule has 0 spiro atoms. The molecule has 0 aromatic carbocycles. The third kappa shape index (κ3) is 2.40. The van der Waals surface area contributed by atoms with Crippen LogP contribution in [-0.4, -0.2) is 17.6 Å². The van der Waals surface area contributed by atoms with Gasteiger partial charge in [0.05, 0.1) is 12.8 Å². The van der Waals surface area contributed by atoms with E-state index in [1.54, 1.807) is 12.3 Å². The first-order valence-electron chi connectivity index (χ1n) is 4.76. The summed E-state index contributed by atoms with van der Waals surface area (Å²) in [5.74, 6) is -0.373. The number of ether oxygens (including phenoxy) is 1. The highest BCUT2D eigenvalue weighted by molar-refractivity contribution is 5.89. The van der Waals surface area contributed by atoms with Crippen molar-refractivity contribution < 1.29 is 9.53 Å². The zero-order valence-electron chi connectivity index (χ0n) is 9.06. The topological polar surface area (TPSA) is 57.2 Å². The first-order chi connectivity index (χ1) is 7.10. The number of nitrogen functional groups attached to an aromatic ring is 1. The Kier molecular flexibility index (Phi) is 3.55. The molecule has 4 heteroatoms. The Labute approximate surface area is 89.3 Å². The lowest BCUT2D eigenvalue weighted by molar-refractivity contribution is 0.0586. The first-order valence-corrected chi connectivity index (χ1v) is 4.76. The normalized spacial score (nSPS) is 12.1. The van der Waals surface area contributed by atoms with E-state index < -0.39 is 0 Å². The van der Waals surface area contributed by atoms with Gasteiger partial charge in [-0.05, 0) is 19.4 Å². The van der Waals surface area contributed by atoms with Gasteiger partial charge in [-0.2, -0.15) is 0 Å². The quantitative estimate of drug-likeness (QED) is 0.608. The van der Waals surface area contributed by atoms with Crippen molar-refractivity contribution in [2.24, 2.45) is 0 Å². The Morgan fingerprint density at radius 3 is 3.00 bits per heavy atom. The van der Waals surface area contributed by atoms with Gasteiger partial charge in [0.25, 0.3) is 0 Å². The summed E-state index contributed by atoms with van der Waals surface area (Å²) in [6.07, 6.45) is 4.32. The van der Waals surface area contributed by atoms with E-state index >= 15 is 0 Å². The molecule has 0 bridgehead atoms. The van der Waals surface area contributed by atoms with E-state index in [-0.39, 0.29) is 12.0 Å². The fourth-order valence-corrected chi connectivity index (χ4v) is 1.49. The highest BCUT2D eigenvalue weighted by Crippen LogP contribution is 2.20. The van der Waals surface area contributed by atoms with Crippen molar-refractivity contribution in [2.45, 2.75) is 19.4 Å². The molecule has 1 rings (SSSR count). The fourth-order valence-electron chi connectivity index (χ4n) is 1.49. The lowest BCUT2D eigenvalue weighted by Crippen LogP contribution is -2.13. The Morgan fingerprint density at radius 1 is 1.80 bits per heavy atom. The predicted molar refractivity (Wildman–Crippen MR) is 59.7 cm³/mol. The summed E-state index contributed by atoms with van der Waals surface area (Å²) in [5.41, 5.74) is 6.69. The van der Waals surface area contributed by atoms with Crippen LogP contribution in [0.3, 0.4) is 0 Å². The second-order valence-electron chi connectivity index (χ2n) is 3.43. The molecule has 2 N–H and O–H groups in total. The smallest absolute Gasteiger partial charge is 0.354 e. The largest absolute Gasteiger partial charge is 0.464 e. The number of nitrogens with two attached hydrogens (primary N) is 1. The van der Waals surface area contributed by atoms with Crippen LogP contribution in [0, 0.1) is 0 Å². The molecule has 0 aliphatic heterocycles. The van der Waals surface area contributed by atoms with Crippen LogP contribution < -0.4 is 5.73 Å². The number of anilines is 1. The van der Waals surface area contributed by atoms with Crippen molar-refractivity contribution in [1.82, 2.24) is 4.57 Å². The third-order valence-electron chi connectivity index (χ3n) is 2.25. The maximum absolute atomic E-state index is 11.4. The van der Waals surface area contributed by atoms with E-state index in [1.807, 2.05) is 17.6 Å². The van der Waals surface area contributed by atoms with Crippen LogP contribution in [0.1, 0.15) is 29.9 Å². The zero-order chi connectivity index (χ0) is 11.4. The summed E-state index contributed by atoms with van der Waals surface area (Å²) >= 11 is 0. The number of allylic oxidation sites excluding steroid dienone is 1. The van der Waals surface area contributed by atoms with Gasteiger partial charge in [-0.1, -0.05) is 6.08 Å². The number of methoxy groups -OCH3 is 1. The second-order valence-corrected chi connectivity index (χ2v) is 3.43. The summed E-state index contributed by atoms with van der Waals surface area (Å²) in [6.45, 7) is 5.66. The molecule has 0 amide bonds. The third-order valence-corrected chi connectivity index (χ3v) is 2.25. The van der Waals surface area contributed by atoms with E-state index in [1.165, 1.54) is 7.11 Å². The minimum atomic E-state index is -0.373. The molecule has 0 aliphatic carbocycles. The molecule has 0 fully saturated rings. The number of aromatic nitrogens is 1. The van der Waals surface area contributed by atoms with Crippen LogP contribution in [0.4, 0.5) is 5.69 Å². The van der Waals surface area contributed by atoms with Crippen LogP contribution in [0.15, 0.2) is 24.9 Å². The molecule has 1 aromatic heterocycles. The molecule has 15 heavy (non-hydrogen) atoms. The number of carbonyl (C=O) groups excluding carboxylic acids is 1. The van der Waals surface area contributed by atoms with Gasteiger partial charge >= 0.3 is 5.97 Å². The van der Waals surface area contributed by atoms with Gasteiger partial charge in [0, 0.05) is 12.2 Å². The Morgan fingerprint density at radius 2 is 2.47 bits per heavy atom. The highest BCUT2D eigenvalue weighted by atomic mass is 16.5. The maximum Gasteiger partial charge on any atom is 0.354 e. The van der Waals surface area contributed by atoms with E-state index in [9.17, 15) is 4.79 Å². The van der Waals surface area contributed by atoms with Crippen LogP contribution in [-0.2, 0) is 4.74 Å². The van der Waals surface area contributed by atoms with Crippen LogP contribution in [0.25, 0.3) is 0 Å². The van der Waals surface area contributed by atoms with Gasteiger partial charge < -0.3 is 15.0 Å². The second kappa shape index (κ2) is 4.68. The van der Waals surface area contributed by atoms with Gasteiger partial charge in [0.1, 0.15) is 5.69 Å². The molecule has 0 saturated heterocycles. The summed E-state index contributed by atoms with van der Waals surface area (Å²) < 4.78 is 6.49. The van der Waals surface area contributed by atoms with Crippen molar-refractivity contribution in [2.75, 3.05) is 12.8 Å². The lowest BCUT2D eigenvalue weighted by atomic mass is 10.2. The van der Waals surface area contributed by atoms with E-state index in [4.69, 9.17) is 5.73 Å². The molecule has 1 atom stereocenters. The Bertz CT molecular complexity index is 369. The van der Waals surface area contributed by atoms with Crippen molar-refractivity contribution in [3.8, 4) is 0 Å². The fraction of sp³-hybridized carbons (Fsp3) is 0.364. The molecular weight excluding hydrogens is 192 g/mol. The summed E-state index contributed by atoms with van der Waals surface area (Å²) in [6, 6.07) is 1.76. The number of esters is 1. The number of hydrogen-bond donors (Lipinski definition) is 1. The van der Waals surface area contributed by atoms with Crippen LogP contribution >= 0.6 is 0 Å². The van der Waals surface area contributed by atoms with Crippen LogP contribution in [0.5, 0.6) is 0 Å². The maximum atomic E-state index is 11.4. The Hall–Kier alpha value is -1.71. The SMILES string of the molecule is C=CCC(C)n1cc(N)cc1C(=O)OC. The number of carbonyl (C=O) groups is 1. The first kappa shape index (κ1) is 11.4. The van der Waals surface area contributed by atoms with Gasteiger partial charge in [0.15, 0.2) is 0 Å². The molecule has 4 nitrogen and oxygen atoms in total. The summed E-state index contributed by atoms with van der Waals surface area (Å²) in [5, 5.41) is 0. The standard InChI is InChI=1S/C11H16N2O2/c1-4-5-8(2)13-7-9(12)6-10(13)11(14)15-3/h4,6-8H,1,5,12H2,2-3H3. The molecule has 1 aromatic rings. The van der Waals surface area contributed by atoms with Gasteiger partial charge in [-0.25, -0.2) is 4.79 Å². The molecule has 0 radical (unpaired) electrons. The molecule has 1 unspecified atom stereocenters. The van der Waals surface area contributed by atoms with E-state index in [0.29, 0.717) is 11.4 Å². The summed E-state index contributed by atoms with van der Waals surface area (Å²) in [7, 11) is 1.36. The van der Waals surface area contributed by atoms with Gasteiger partial charge in [-0.15, -0.1) is 6.58 Å². The highest BCUT2D eigenvalue weighted by Gasteiger charge is 2.16. The molecule has 0 aliphatic rings. The lowest BCUT2D eigenvalue weighted by Gasteiger charge is -2.14. The molecule has 82 valence electrons. The van der Waals surface area contributed by atoms with E-state index in [0.717, 1.165) is 6.42 Å². The molecule has 1 heterocycles. The average molecular weight is 208 g/mol. The average Bonchev–Trinajstić information content (AvgIpc) is 2.59. The monoisotopic (exact) mass is 208 g/mol. The van der Waals surface area contributed by atoms with Crippen molar-refractivity contribution in [3.05, 3.63) is 30.6 Å². The van der Waals surface area contributed by atoms with Gasteiger partial charge in [0.2, 0.25) is 0 Å². The number of nitrogens with zero attached hydrogens (tertiary/aromatic N) is 1. The molecular formula is C11H16N2O2. The number of rotatable bonds is 4. The molecule has 0 saturated carbocycles. The van der Waals surface area contributed by atoms with Gasteiger partial charge in [-0.3, -0.25) is 0 Å². The predicted octanol–water partition coefficient (Wildman–Crippen LogP) is 1.99. The minimum absolute atomic E-state index is 0.147. The Balaban J connectivity index is 3.05. The van der Waals surface area contributed by atoms with Crippen molar-refractivity contribution in [3.63, 3.8) is 0 Å². The van der Waals surface area contributed by atoms with E-state index in [2.05, 4.69) is 11.3 Å².